The molecule has 2 N–H and O–H groups in total. The molecular weight excluding hydrogens is 436 g/mol. The molecule has 0 bridgehead atoms. The molecule has 0 aliphatic carbocycles. The summed E-state index contributed by atoms with van der Waals surface area (Å²) in [4.78, 5) is 25.4. The first-order valence-electron chi connectivity index (χ1n) is 11.5. The maximum atomic E-state index is 12.7. The third kappa shape index (κ3) is 6.87. The summed E-state index contributed by atoms with van der Waals surface area (Å²) in [5.41, 5.74) is 0.531. The van der Waals surface area contributed by atoms with E-state index in [0.717, 1.165) is 5.56 Å². The monoisotopic (exact) mass is 470 g/mol. The van der Waals surface area contributed by atoms with Gasteiger partial charge in [0.2, 0.25) is 0 Å². The Morgan fingerprint density at radius 2 is 1.59 bits per heavy atom. The smallest absolute Gasteiger partial charge is 0.329 e. The first kappa shape index (κ1) is 25.8. The van der Waals surface area contributed by atoms with Gasteiger partial charge in [-0.2, -0.15) is 0 Å². The molecule has 4 rings (SSSR count). The van der Waals surface area contributed by atoms with Crippen molar-refractivity contribution in [2.24, 2.45) is 0 Å². The van der Waals surface area contributed by atoms with Gasteiger partial charge >= 0.3 is 11.9 Å². The van der Waals surface area contributed by atoms with Crippen LogP contribution in [-0.4, -0.2) is 72.5 Å². The SMILES string of the molecule is C[C@@]1(C(=O)O)COCCN1.C[C@@]1(C(=O)OCc2ccccc2)COCCN1Cc1ccccc1. The molecule has 2 fully saturated rings. The molecule has 0 unspecified atom stereocenters. The Morgan fingerprint density at radius 1 is 0.971 bits per heavy atom. The normalized spacial score (nSPS) is 25.0. The van der Waals surface area contributed by atoms with E-state index < -0.39 is 17.0 Å². The van der Waals surface area contributed by atoms with E-state index in [1.54, 1.807) is 6.92 Å². The number of carboxylic acid groups (broad SMARTS) is 1. The minimum Gasteiger partial charge on any atom is -0.480 e. The summed E-state index contributed by atoms with van der Waals surface area (Å²) in [6.45, 7) is 7.69. The molecule has 2 aliphatic rings. The highest BCUT2D eigenvalue weighted by atomic mass is 16.5. The van der Waals surface area contributed by atoms with Crippen LogP contribution in [0.2, 0.25) is 0 Å². The molecule has 2 heterocycles. The Labute approximate surface area is 200 Å². The summed E-state index contributed by atoms with van der Waals surface area (Å²) in [5, 5.41) is 11.5. The summed E-state index contributed by atoms with van der Waals surface area (Å²) >= 11 is 0. The molecular formula is C26H34N2O6. The van der Waals surface area contributed by atoms with Crippen LogP contribution in [0, 0.1) is 0 Å². The zero-order valence-electron chi connectivity index (χ0n) is 19.9. The number of nitrogens with zero attached hydrogens (tertiary/aromatic N) is 1. The number of hydrogen-bond acceptors (Lipinski definition) is 7. The summed E-state index contributed by atoms with van der Waals surface area (Å²) in [6.07, 6.45) is 0. The number of benzene rings is 2. The third-order valence-corrected chi connectivity index (χ3v) is 6.08. The Bertz CT molecular complexity index is 917. The number of morpholine rings is 2. The van der Waals surface area contributed by atoms with Gasteiger partial charge in [-0.05, 0) is 25.0 Å². The van der Waals surface area contributed by atoms with E-state index in [1.807, 2.05) is 55.5 Å². The fraction of sp³-hybridized carbons (Fsp3) is 0.462. The lowest BCUT2D eigenvalue weighted by atomic mass is 9.98. The second kappa shape index (κ2) is 12.1. The molecule has 0 radical (unpaired) electrons. The minimum absolute atomic E-state index is 0.234. The Hall–Kier alpha value is -2.78. The fourth-order valence-electron chi connectivity index (χ4n) is 3.77. The number of ether oxygens (including phenoxy) is 3. The molecule has 0 amide bonds. The molecule has 2 atom stereocenters. The van der Waals surface area contributed by atoms with Crippen LogP contribution in [-0.2, 0) is 37.0 Å². The van der Waals surface area contributed by atoms with Crippen molar-refractivity contribution in [2.45, 2.75) is 38.1 Å². The lowest BCUT2D eigenvalue weighted by Gasteiger charge is -2.42. The fourth-order valence-corrected chi connectivity index (χ4v) is 3.77. The van der Waals surface area contributed by atoms with Crippen LogP contribution < -0.4 is 5.32 Å². The number of hydrogen-bond donors (Lipinski definition) is 2. The molecule has 2 aromatic rings. The summed E-state index contributed by atoms with van der Waals surface area (Å²) in [7, 11) is 0. The predicted octanol–water partition coefficient (Wildman–Crippen LogP) is 2.47. The third-order valence-electron chi connectivity index (χ3n) is 6.08. The van der Waals surface area contributed by atoms with Crippen LogP contribution in [0.5, 0.6) is 0 Å². The van der Waals surface area contributed by atoms with Gasteiger partial charge in [-0.3, -0.25) is 15.0 Å². The van der Waals surface area contributed by atoms with Gasteiger partial charge in [0.05, 0.1) is 26.4 Å². The van der Waals surface area contributed by atoms with Crippen molar-refractivity contribution < 1.29 is 28.9 Å². The quantitative estimate of drug-likeness (QED) is 0.622. The Balaban J connectivity index is 0.000000271. The zero-order valence-corrected chi connectivity index (χ0v) is 19.9. The van der Waals surface area contributed by atoms with Gasteiger partial charge < -0.3 is 19.3 Å². The molecule has 0 saturated carbocycles. The summed E-state index contributed by atoms with van der Waals surface area (Å²) in [6, 6.07) is 19.9. The van der Waals surface area contributed by atoms with E-state index in [9.17, 15) is 9.59 Å². The first-order chi connectivity index (χ1) is 16.3. The maximum absolute atomic E-state index is 12.7. The number of carbonyl (C=O) groups is 2. The number of esters is 1. The van der Waals surface area contributed by atoms with E-state index in [0.29, 0.717) is 39.5 Å². The van der Waals surface area contributed by atoms with Crippen molar-refractivity contribution in [2.75, 3.05) is 39.5 Å². The van der Waals surface area contributed by atoms with Crippen LogP contribution in [0.3, 0.4) is 0 Å². The van der Waals surface area contributed by atoms with Crippen molar-refractivity contribution in [3.8, 4) is 0 Å². The van der Waals surface area contributed by atoms with Crippen molar-refractivity contribution in [1.29, 1.82) is 0 Å². The average molecular weight is 471 g/mol. The second-order valence-electron chi connectivity index (χ2n) is 8.91. The van der Waals surface area contributed by atoms with Gasteiger partial charge in [-0.15, -0.1) is 0 Å². The number of carbonyl (C=O) groups excluding carboxylic acids is 1. The van der Waals surface area contributed by atoms with E-state index in [2.05, 4.69) is 22.3 Å². The number of nitrogens with one attached hydrogen (secondary N) is 1. The molecule has 8 heteroatoms. The molecule has 2 aliphatic heterocycles. The minimum atomic E-state index is -0.877. The molecule has 0 aromatic heterocycles. The Morgan fingerprint density at radius 3 is 2.15 bits per heavy atom. The van der Waals surface area contributed by atoms with Gasteiger partial charge in [0.25, 0.3) is 0 Å². The molecule has 0 spiro atoms. The van der Waals surface area contributed by atoms with Crippen LogP contribution in [0.25, 0.3) is 0 Å². The van der Waals surface area contributed by atoms with Gasteiger partial charge in [-0.1, -0.05) is 60.7 Å². The van der Waals surface area contributed by atoms with Crippen LogP contribution in [0.4, 0.5) is 0 Å². The van der Waals surface area contributed by atoms with Crippen LogP contribution >= 0.6 is 0 Å². The second-order valence-corrected chi connectivity index (χ2v) is 8.91. The van der Waals surface area contributed by atoms with E-state index in [-0.39, 0.29) is 19.2 Å². The van der Waals surface area contributed by atoms with Crippen molar-refractivity contribution >= 4 is 11.9 Å². The van der Waals surface area contributed by atoms with E-state index >= 15 is 0 Å². The van der Waals surface area contributed by atoms with Crippen LogP contribution in [0.15, 0.2) is 60.7 Å². The number of rotatable bonds is 6. The molecule has 8 nitrogen and oxygen atoms in total. The lowest BCUT2D eigenvalue weighted by molar-refractivity contribution is -0.170. The summed E-state index contributed by atoms with van der Waals surface area (Å²) < 4.78 is 16.2. The molecule has 184 valence electrons. The predicted molar refractivity (Wildman–Crippen MR) is 127 cm³/mol. The van der Waals surface area contributed by atoms with Gasteiger partial charge in [0, 0.05) is 19.6 Å². The maximum Gasteiger partial charge on any atom is 0.329 e. The first-order valence-corrected chi connectivity index (χ1v) is 11.5. The van der Waals surface area contributed by atoms with Crippen LogP contribution in [0.1, 0.15) is 25.0 Å². The van der Waals surface area contributed by atoms with Crippen molar-refractivity contribution in [3.05, 3.63) is 71.8 Å². The topological polar surface area (TPSA) is 97.3 Å². The highest BCUT2D eigenvalue weighted by Gasteiger charge is 2.43. The van der Waals surface area contributed by atoms with Gasteiger partial charge in [-0.25, -0.2) is 4.79 Å². The van der Waals surface area contributed by atoms with E-state index in [1.165, 1.54) is 5.56 Å². The van der Waals surface area contributed by atoms with Gasteiger partial charge in [0.15, 0.2) is 0 Å². The van der Waals surface area contributed by atoms with Crippen molar-refractivity contribution in [1.82, 2.24) is 10.2 Å². The molecule has 2 aromatic carbocycles. The number of aliphatic carboxylic acids is 1. The Kier molecular flexibility index (Phi) is 9.18. The lowest BCUT2D eigenvalue weighted by Crippen LogP contribution is -2.59. The van der Waals surface area contributed by atoms with Gasteiger partial charge in [0.1, 0.15) is 17.7 Å². The highest BCUT2D eigenvalue weighted by Crippen LogP contribution is 2.24. The largest absolute Gasteiger partial charge is 0.480 e. The highest BCUT2D eigenvalue weighted by molar-refractivity contribution is 5.80. The zero-order chi connectivity index (χ0) is 24.4. The standard InChI is InChI=1S/C20H23NO3.C6H11NO3/c1-20(19(22)24-15-18-10-6-3-7-11-18)16-23-13-12-21(20)14-17-8-4-2-5-9-17;1-6(5(8)9)4-10-3-2-7-6/h2-11H,12-16H2,1H3;7H,2-4H2,1H3,(H,8,9)/t20-;6-/m00/s1. The average Bonchev–Trinajstić information content (AvgIpc) is 2.86. The van der Waals surface area contributed by atoms with E-state index in [4.69, 9.17) is 19.3 Å². The number of carboxylic acids is 1. The summed E-state index contributed by atoms with van der Waals surface area (Å²) in [5.74, 6) is -1.09. The molecule has 2 saturated heterocycles. The van der Waals surface area contributed by atoms with Crippen molar-refractivity contribution in [3.63, 3.8) is 0 Å². The molecule has 34 heavy (non-hydrogen) atoms.